The zero-order valence-electron chi connectivity index (χ0n) is 7.79. The normalized spacial score (nSPS) is 20.8. The standard InChI is InChI=1S/C10H14BrNO/c1-12-5-2-8(3-6-12)10-9(11)4-7-13-10/h4,7-8H,2-3,5-6H2,1H3. The topological polar surface area (TPSA) is 16.4 Å². The predicted octanol–water partition coefficient (Wildman–Crippen LogP) is 2.85. The summed E-state index contributed by atoms with van der Waals surface area (Å²) in [5, 5.41) is 0. The largest absolute Gasteiger partial charge is 0.468 e. The van der Waals surface area contributed by atoms with Crippen molar-refractivity contribution < 1.29 is 4.42 Å². The molecule has 1 saturated heterocycles. The van der Waals surface area contributed by atoms with E-state index in [4.69, 9.17) is 4.42 Å². The monoisotopic (exact) mass is 243 g/mol. The van der Waals surface area contributed by atoms with Crippen molar-refractivity contribution in [3.63, 3.8) is 0 Å². The van der Waals surface area contributed by atoms with E-state index in [2.05, 4.69) is 27.9 Å². The lowest BCUT2D eigenvalue weighted by Crippen LogP contribution is -2.29. The third-order valence-corrected chi connectivity index (χ3v) is 3.39. The Bertz CT molecular complexity index is 276. The molecule has 1 aliphatic rings. The van der Waals surface area contributed by atoms with Crippen molar-refractivity contribution in [2.75, 3.05) is 20.1 Å². The third-order valence-electron chi connectivity index (χ3n) is 2.73. The van der Waals surface area contributed by atoms with E-state index in [1.54, 1.807) is 6.26 Å². The molecule has 0 aromatic carbocycles. The maximum Gasteiger partial charge on any atom is 0.121 e. The molecular weight excluding hydrogens is 230 g/mol. The number of nitrogens with zero attached hydrogens (tertiary/aromatic N) is 1. The molecule has 1 aliphatic heterocycles. The van der Waals surface area contributed by atoms with Crippen LogP contribution in [0.15, 0.2) is 21.2 Å². The van der Waals surface area contributed by atoms with Crippen LogP contribution in [0.25, 0.3) is 0 Å². The minimum absolute atomic E-state index is 0.612. The summed E-state index contributed by atoms with van der Waals surface area (Å²) >= 11 is 3.51. The van der Waals surface area contributed by atoms with Crippen LogP contribution in [-0.4, -0.2) is 25.0 Å². The summed E-state index contributed by atoms with van der Waals surface area (Å²) in [5.41, 5.74) is 0. The molecule has 2 rings (SSSR count). The van der Waals surface area contributed by atoms with E-state index in [-0.39, 0.29) is 0 Å². The fourth-order valence-corrected chi connectivity index (χ4v) is 2.39. The minimum Gasteiger partial charge on any atom is -0.468 e. The quantitative estimate of drug-likeness (QED) is 0.755. The van der Waals surface area contributed by atoms with Crippen molar-refractivity contribution >= 4 is 15.9 Å². The summed E-state index contributed by atoms with van der Waals surface area (Å²) in [4.78, 5) is 2.37. The van der Waals surface area contributed by atoms with Gasteiger partial charge in [-0.3, -0.25) is 0 Å². The molecular formula is C10H14BrNO. The number of likely N-dealkylation sites (tertiary alicyclic amines) is 1. The highest BCUT2D eigenvalue weighted by Crippen LogP contribution is 2.33. The number of halogens is 1. The van der Waals surface area contributed by atoms with Crippen LogP contribution in [0.2, 0.25) is 0 Å². The summed E-state index contributed by atoms with van der Waals surface area (Å²) in [6.07, 6.45) is 4.18. The van der Waals surface area contributed by atoms with E-state index in [0.717, 1.165) is 10.2 Å². The van der Waals surface area contributed by atoms with Crippen molar-refractivity contribution in [1.82, 2.24) is 4.90 Å². The Morgan fingerprint density at radius 1 is 1.46 bits per heavy atom. The number of hydrogen-bond donors (Lipinski definition) is 0. The van der Waals surface area contributed by atoms with Gasteiger partial charge in [-0.15, -0.1) is 0 Å². The fourth-order valence-electron chi connectivity index (χ4n) is 1.87. The van der Waals surface area contributed by atoms with Gasteiger partial charge in [0, 0.05) is 5.92 Å². The summed E-state index contributed by atoms with van der Waals surface area (Å²) in [5.74, 6) is 1.74. The lowest BCUT2D eigenvalue weighted by molar-refractivity contribution is 0.240. The first-order valence-corrected chi connectivity index (χ1v) is 5.48. The first-order chi connectivity index (χ1) is 6.27. The molecule has 13 heavy (non-hydrogen) atoms. The van der Waals surface area contributed by atoms with Crippen LogP contribution in [0.3, 0.4) is 0 Å². The highest BCUT2D eigenvalue weighted by molar-refractivity contribution is 9.10. The zero-order chi connectivity index (χ0) is 9.26. The lowest BCUT2D eigenvalue weighted by atomic mass is 9.95. The molecule has 0 N–H and O–H groups in total. The van der Waals surface area contributed by atoms with E-state index < -0.39 is 0 Å². The lowest BCUT2D eigenvalue weighted by Gasteiger charge is -2.27. The van der Waals surface area contributed by atoms with Crippen molar-refractivity contribution in [3.8, 4) is 0 Å². The van der Waals surface area contributed by atoms with E-state index in [1.807, 2.05) is 6.07 Å². The van der Waals surface area contributed by atoms with Gasteiger partial charge >= 0.3 is 0 Å². The average Bonchev–Trinajstić information content (AvgIpc) is 2.53. The highest BCUT2D eigenvalue weighted by Gasteiger charge is 2.22. The predicted molar refractivity (Wildman–Crippen MR) is 55.9 cm³/mol. The average molecular weight is 244 g/mol. The van der Waals surface area contributed by atoms with Gasteiger partial charge in [0.2, 0.25) is 0 Å². The number of furan rings is 1. The van der Waals surface area contributed by atoms with Gasteiger partial charge in [-0.1, -0.05) is 0 Å². The Balaban J connectivity index is 2.06. The molecule has 0 amide bonds. The molecule has 2 nitrogen and oxygen atoms in total. The van der Waals surface area contributed by atoms with Crippen LogP contribution in [0.1, 0.15) is 24.5 Å². The molecule has 0 saturated carbocycles. The van der Waals surface area contributed by atoms with Gasteiger partial charge in [-0.05, 0) is 55.0 Å². The van der Waals surface area contributed by atoms with Crippen LogP contribution < -0.4 is 0 Å². The van der Waals surface area contributed by atoms with Crippen LogP contribution >= 0.6 is 15.9 Å². The maximum atomic E-state index is 5.47. The SMILES string of the molecule is CN1CCC(c2occc2Br)CC1. The van der Waals surface area contributed by atoms with Gasteiger partial charge in [-0.2, -0.15) is 0 Å². The Kier molecular flexibility index (Phi) is 2.74. The molecule has 0 spiro atoms. The summed E-state index contributed by atoms with van der Waals surface area (Å²) in [6.45, 7) is 2.36. The Labute approximate surface area is 87.0 Å². The summed E-state index contributed by atoms with van der Waals surface area (Å²) in [6, 6.07) is 1.98. The molecule has 3 heteroatoms. The summed E-state index contributed by atoms with van der Waals surface area (Å²) in [7, 11) is 2.17. The van der Waals surface area contributed by atoms with Crippen molar-refractivity contribution in [1.29, 1.82) is 0 Å². The molecule has 1 aromatic rings. The second kappa shape index (κ2) is 3.84. The smallest absolute Gasteiger partial charge is 0.121 e. The second-order valence-electron chi connectivity index (χ2n) is 3.71. The molecule has 0 atom stereocenters. The maximum absolute atomic E-state index is 5.47. The van der Waals surface area contributed by atoms with Crippen LogP contribution in [0.4, 0.5) is 0 Å². The molecule has 0 aliphatic carbocycles. The first kappa shape index (κ1) is 9.28. The van der Waals surface area contributed by atoms with Gasteiger partial charge in [0.05, 0.1) is 10.7 Å². The fraction of sp³-hybridized carbons (Fsp3) is 0.600. The molecule has 1 fully saturated rings. The van der Waals surface area contributed by atoms with Gasteiger partial charge in [0.1, 0.15) is 5.76 Å². The number of hydrogen-bond acceptors (Lipinski definition) is 2. The minimum atomic E-state index is 0.612. The summed E-state index contributed by atoms with van der Waals surface area (Å²) < 4.78 is 6.60. The zero-order valence-corrected chi connectivity index (χ0v) is 9.38. The molecule has 1 aromatic heterocycles. The first-order valence-electron chi connectivity index (χ1n) is 4.69. The van der Waals surface area contributed by atoms with E-state index in [0.29, 0.717) is 5.92 Å². The van der Waals surface area contributed by atoms with Crippen molar-refractivity contribution in [2.24, 2.45) is 0 Å². The molecule has 0 bridgehead atoms. The Hall–Kier alpha value is -0.280. The van der Waals surface area contributed by atoms with E-state index in [1.165, 1.54) is 25.9 Å². The van der Waals surface area contributed by atoms with Gasteiger partial charge < -0.3 is 9.32 Å². The van der Waals surface area contributed by atoms with Gasteiger partial charge in [0.25, 0.3) is 0 Å². The van der Waals surface area contributed by atoms with Crippen LogP contribution in [-0.2, 0) is 0 Å². The van der Waals surface area contributed by atoms with E-state index in [9.17, 15) is 0 Å². The second-order valence-corrected chi connectivity index (χ2v) is 4.56. The third kappa shape index (κ3) is 1.97. The number of rotatable bonds is 1. The number of piperidine rings is 1. The molecule has 0 unspecified atom stereocenters. The highest BCUT2D eigenvalue weighted by atomic mass is 79.9. The molecule has 2 heterocycles. The van der Waals surface area contributed by atoms with Crippen LogP contribution in [0.5, 0.6) is 0 Å². The Morgan fingerprint density at radius 3 is 2.69 bits per heavy atom. The van der Waals surface area contributed by atoms with E-state index >= 15 is 0 Å². The Morgan fingerprint density at radius 2 is 2.15 bits per heavy atom. The molecule has 72 valence electrons. The van der Waals surface area contributed by atoms with Gasteiger partial charge in [0.15, 0.2) is 0 Å². The van der Waals surface area contributed by atoms with Gasteiger partial charge in [-0.25, -0.2) is 0 Å². The van der Waals surface area contributed by atoms with Crippen molar-refractivity contribution in [3.05, 3.63) is 22.6 Å². The molecule has 0 radical (unpaired) electrons. The van der Waals surface area contributed by atoms with Crippen molar-refractivity contribution in [2.45, 2.75) is 18.8 Å². The van der Waals surface area contributed by atoms with Crippen LogP contribution in [0, 0.1) is 0 Å².